The van der Waals surface area contributed by atoms with Crippen molar-refractivity contribution in [2.24, 2.45) is 0 Å². The smallest absolute Gasteiger partial charge is 0.0753 e. The molecule has 0 aliphatic heterocycles. The van der Waals surface area contributed by atoms with Crippen LogP contribution in [0.4, 0.5) is 0 Å². The summed E-state index contributed by atoms with van der Waals surface area (Å²) in [6, 6.07) is 19.0. The number of benzene rings is 2. The Morgan fingerprint density at radius 2 is 1.71 bits per heavy atom. The largest absolute Gasteiger partial charge is 0.358 e. The summed E-state index contributed by atoms with van der Waals surface area (Å²) in [6.07, 6.45) is 4.32. The van der Waals surface area contributed by atoms with Crippen LogP contribution in [0.1, 0.15) is 23.6 Å². The molecule has 0 unspecified atom stereocenters. The minimum atomic E-state index is 0.831. The summed E-state index contributed by atoms with van der Waals surface area (Å²) >= 11 is 5.36. The second kappa shape index (κ2) is 7.75. The summed E-state index contributed by atoms with van der Waals surface area (Å²) in [4.78, 5) is 3.13. The third-order valence-corrected chi connectivity index (χ3v) is 3.63. The predicted octanol–water partition coefficient (Wildman–Crippen LogP) is 4.86. The first-order valence-electron chi connectivity index (χ1n) is 7.18. The van der Waals surface area contributed by atoms with Crippen LogP contribution < -0.4 is 0 Å². The lowest BCUT2D eigenvalue weighted by Crippen LogP contribution is -2.26. The Balaban J connectivity index is 1.97. The lowest BCUT2D eigenvalue weighted by molar-refractivity contribution is 0.463. The second-order valence-electron chi connectivity index (χ2n) is 5.20. The van der Waals surface area contributed by atoms with Gasteiger partial charge >= 0.3 is 0 Å². The van der Waals surface area contributed by atoms with E-state index in [4.69, 9.17) is 12.2 Å². The standard InChI is InChI=1S/C19H21NS/c1-16-10-12-18(13-11-16)9-6-14-20(17(2)21)15-19-7-4-3-5-8-19/h3-13H,14-15H2,1-2H3/b9-6+. The normalized spacial score (nSPS) is 10.8. The molecule has 0 atom stereocenters. The van der Waals surface area contributed by atoms with E-state index in [9.17, 15) is 0 Å². The van der Waals surface area contributed by atoms with Crippen molar-refractivity contribution in [2.45, 2.75) is 20.4 Å². The van der Waals surface area contributed by atoms with Gasteiger partial charge in [-0.05, 0) is 25.0 Å². The molecule has 0 spiro atoms. The molecule has 2 aromatic rings. The van der Waals surface area contributed by atoms with Crippen LogP contribution >= 0.6 is 12.2 Å². The van der Waals surface area contributed by atoms with E-state index in [1.54, 1.807) is 0 Å². The van der Waals surface area contributed by atoms with Crippen LogP contribution in [0.3, 0.4) is 0 Å². The van der Waals surface area contributed by atoms with Crippen LogP contribution in [0.15, 0.2) is 60.7 Å². The average molecular weight is 295 g/mol. The molecule has 0 amide bonds. The topological polar surface area (TPSA) is 3.24 Å². The van der Waals surface area contributed by atoms with Gasteiger partial charge in [-0.15, -0.1) is 0 Å². The third-order valence-electron chi connectivity index (χ3n) is 3.38. The van der Waals surface area contributed by atoms with Gasteiger partial charge in [-0.25, -0.2) is 0 Å². The van der Waals surface area contributed by atoms with Gasteiger partial charge in [0.2, 0.25) is 0 Å². The Bertz CT molecular complexity index is 599. The first-order valence-corrected chi connectivity index (χ1v) is 7.58. The molecular formula is C19H21NS. The molecule has 2 aromatic carbocycles. The number of thiocarbonyl (C=S) groups is 1. The fraction of sp³-hybridized carbons (Fsp3) is 0.211. The minimum absolute atomic E-state index is 0.831. The molecule has 108 valence electrons. The Kier molecular flexibility index (Phi) is 5.70. The molecule has 21 heavy (non-hydrogen) atoms. The fourth-order valence-corrected chi connectivity index (χ4v) is 2.24. The molecule has 0 saturated heterocycles. The molecular weight excluding hydrogens is 274 g/mol. The molecule has 0 saturated carbocycles. The summed E-state index contributed by atoms with van der Waals surface area (Å²) in [5, 5.41) is 0. The van der Waals surface area contributed by atoms with E-state index < -0.39 is 0 Å². The molecule has 1 nitrogen and oxygen atoms in total. The van der Waals surface area contributed by atoms with Crippen molar-refractivity contribution in [2.75, 3.05) is 6.54 Å². The highest BCUT2D eigenvalue weighted by atomic mass is 32.1. The first kappa shape index (κ1) is 15.5. The van der Waals surface area contributed by atoms with Crippen molar-refractivity contribution in [1.29, 1.82) is 0 Å². The van der Waals surface area contributed by atoms with Gasteiger partial charge in [0, 0.05) is 13.1 Å². The van der Waals surface area contributed by atoms with Gasteiger partial charge in [-0.1, -0.05) is 84.5 Å². The summed E-state index contributed by atoms with van der Waals surface area (Å²) < 4.78 is 0. The Morgan fingerprint density at radius 1 is 1.05 bits per heavy atom. The zero-order chi connectivity index (χ0) is 15.1. The Morgan fingerprint density at radius 3 is 2.33 bits per heavy atom. The molecule has 0 N–H and O–H groups in total. The fourth-order valence-electron chi connectivity index (χ4n) is 2.10. The van der Waals surface area contributed by atoms with Crippen LogP contribution in [0.2, 0.25) is 0 Å². The van der Waals surface area contributed by atoms with Crippen molar-refractivity contribution in [3.63, 3.8) is 0 Å². The summed E-state index contributed by atoms with van der Waals surface area (Å²) in [5.74, 6) is 0. The summed E-state index contributed by atoms with van der Waals surface area (Å²) in [7, 11) is 0. The summed E-state index contributed by atoms with van der Waals surface area (Å²) in [6.45, 7) is 5.77. The molecule has 2 rings (SSSR count). The molecule has 2 heteroatoms. The number of hydrogen-bond donors (Lipinski definition) is 0. The van der Waals surface area contributed by atoms with Crippen LogP contribution in [0.25, 0.3) is 6.08 Å². The van der Waals surface area contributed by atoms with Crippen molar-refractivity contribution in [1.82, 2.24) is 4.90 Å². The third kappa shape index (κ3) is 5.16. The van der Waals surface area contributed by atoms with E-state index in [1.165, 1.54) is 16.7 Å². The van der Waals surface area contributed by atoms with Gasteiger partial charge in [0.15, 0.2) is 0 Å². The number of rotatable bonds is 5. The molecule has 0 radical (unpaired) electrons. The van der Waals surface area contributed by atoms with Gasteiger partial charge in [-0.2, -0.15) is 0 Å². The number of nitrogens with zero attached hydrogens (tertiary/aromatic N) is 1. The Hall–Kier alpha value is -1.93. The van der Waals surface area contributed by atoms with E-state index in [1.807, 2.05) is 13.0 Å². The molecule has 0 aliphatic rings. The van der Waals surface area contributed by atoms with Crippen LogP contribution in [0.5, 0.6) is 0 Å². The van der Waals surface area contributed by atoms with E-state index >= 15 is 0 Å². The lowest BCUT2D eigenvalue weighted by Gasteiger charge is -2.21. The highest BCUT2D eigenvalue weighted by Gasteiger charge is 2.04. The lowest BCUT2D eigenvalue weighted by atomic mass is 10.1. The van der Waals surface area contributed by atoms with E-state index in [-0.39, 0.29) is 0 Å². The van der Waals surface area contributed by atoms with E-state index in [0.717, 1.165) is 18.1 Å². The van der Waals surface area contributed by atoms with Crippen LogP contribution in [-0.2, 0) is 6.54 Å². The van der Waals surface area contributed by atoms with Gasteiger partial charge < -0.3 is 4.90 Å². The van der Waals surface area contributed by atoms with Crippen molar-refractivity contribution in [3.05, 3.63) is 77.4 Å². The highest BCUT2D eigenvalue weighted by molar-refractivity contribution is 7.80. The van der Waals surface area contributed by atoms with Gasteiger partial charge in [-0.3, -0.25) is 0 Å². The maximum absolute atomic E-state index is 5.36. The number of hydrogen-bond acceptors (Lipinski definition) is 1. The van der Waals surface area contributed by atoms with Crippen LogP contribution in [-0.4, -0.2) is 16.4 Å². The maximum atomic E-state index is 5.36. The van der Waals surface area contributed by atoms with Gasteiger partial charge in [0.25, 0.3) is 0 Å². The molecule has 0 heterocycles. The molecule has 0 aromatic heterocycles. The molecule has 0 bridgehead atoms. The van der Waals surface area contributed by atoms with E-state index in [0.29, 0.717) is 0 Å². The monoisotopic (exact) mass is 295 g/mol. The second-order valence-corrected chi connectivity index (χ2v) is 5.79. The minimum Gasteiger partial charge on any atom is -0.358 e. The average Bonchev–Trinajstić information content (AvgIpc) is 2.49. The zero-order valence-electron chi connectivity index (χ0n) is 12.6. The predicted molar refractivity (Wildman–Crippen MR) is 95.3 cm³/mol. The van der Waals surface area contributed by atoms with Gasteiger partial charge in [0.1, 0.15) is 0 Å². The number of aryl methyl sites for hydroxylation is 1. The maximum Gasteiger partial charge on any atom is 0.0753 e. The van der Waals surface area contributed by atoms with Crippen molar-refractivity contribution >= 4 is 23.3 Å². The van der Waals surface area contributed by atoms with Gasteiger partial charge in [0.05, 0.1) is 4.99 Å². The SMILES string of the molecule is CC(=S)N(C/C=C/c1ccc(C)cc1)Cc1ccccc1. The van der Waals surface area contributed by atoms with Crippen LogP contribution in [0, 0.1) is 6.92 Å². The molecule has 0 fully saturated rings. The van der Waals surface area contributed by atoms with E-state index in [2.05, 4.69) is 72.5 Å². The van der Waals surface area contributed by atoms with Crippen molar-refractivity contribution in [3.8, 4) is 0 Å². The zero-order valence-corrected chi connectivity index (χ0v) is 13.4. The summed E-state index contributed by atoms with van der Waals surface area (Å²) in [5.41, 5.74) is 3.79. The first-order chi connectivity index (χ1) is 10.1. The highest BCUT2D eigenvalue weighted by Crippen LogP contribution is 2.08. The quantitative estimate of drug-likeness (QED) is 0.725. The van der Waals surface area contributed by atoms with Crippen molar-refractivity contribution < 1.29 is 0 Å². The Labute approximate surface area is 132 Å². The molecule has 0 aliphatic carbocycles.